The summed E-state index contributed by atoms with van der Waals surface area (Å²) >= 11 is 0. The van der Waals surface area contributed by atoms with E-state index in [0.717, 1.165) is 0 Å². The van der Waals surface area contributed by atoms with E-state index in [0.29, 0.717) is 16.7 Å². The molecule has 1 aromatic carbocycles. The molecular weight excluding hydrogens is 250 g/mol. The number of aromatic nitrogens is 2. The highest BCUT2D eigenvalue weighted by Crippen LogP contribution is 2.21. The van der Waals surface area contributed by atoms with E-state index in [1.807, 2.05) is 0 Å². The van der Waals surface area contributed by atoms with Crippen LogP contribution in [0.25, 0.3) is 10.9 Å². The molecule has 1 aromatic heterocycles. The van der Waals surface area contributed by atoms with E-state index >= 15 is 0 Å². The van der Waals surface area contributed by atoms with Gasteiger partial charge in [-0.3, -0.25) is 4.79 Å². The maximum absolute atomic E-state index is 10.9. The van der Waals surface area contributed by atoms with Crippen molar-refractivity contribution in [1.29, 1.82) is 0 Å². The Morgan fingerprint density at radius 1 is 1.26 bits per heavy atom. The molecule has 98 valence electrons. The maximum atomic E-state index is 10.9. The summed E-state index contributed by atoms with van der Waals surface area (Å²) in [4.78, 5) is 29.6. The molecule has 0 radical (unpaired) electrons. The molecule has 7 nitrogen and oxygen atoms in total. The van der Waals surface area contributed by atoms with Crippen LogP contribution in [0.3, 0.4) is 0 Å². The molecule has 1 atom stereocenters. The highest BCUT2D eigenvalue weighted by atomic mass is 16.4. The van der Waals surface area contributed by atoms with Crippen molar-refractivity contribution < 1.29 is 19.8 Å². The molecule has 0 saturated heterocycles. The lowest BCUT2D eigenvalue weighted by atomic mass is 10.1. The largest absolute Gasteiger partial charge is 0.480 e. The number of aliphatic carboxylic acids is 1. The zero-order valence-electron chi connectivity index (χ0n) is 9.99. The van der Waals surface area contributed by atoms with Crippen molar-refractivity contribution in [2.45, 2.75) is 13.0 Å². The molecule has 0 fully saturated rings. The predicted octanol–water partition coefficient (Wildman–Crippen LogP) is 1.21. The number of carboxylic acid groups (broad SMARTS) is 2. The minimum atomic E-state index is -1.05. The van der Waals surface area contributed by atoms with Crippen LogP contribution in [0.1, 0.15) is 17.3 Å². The summed E-state index contributed by atoms with van der Waals surface area (Å²) in [6, 6.07) is 3.58. The van der Waals surface area contributed by atoms with Crippen LogP contribution in [-0.4, -0.2) is 38.2 Å². The standard InChI is InChI=1S/C12H11N3O4/c1-6(11(16)17)15-10-8-3-2-7(12(18)19)4-9(8)13-5-14-10/h2-6H,1H3,(H,16,17)(H,18,19)(H,13,14,15)/t6-/m1/s1. The molecule has 7 heteroatoms. The number of nitrogens with zero attached hydrogens (tertiary/aromatic N) is 2. The van der Waals surface area contributed by atoms with Crippen LogP contribution in [-0.2, 0) is 4.79 Å². The van der Waals surface area contributed by atoms with Gasteiger partial charge in [0, 0.05) is 5.39 Å². The molecule has 3 N–H and O–H groups in total. The number of hydrogen-bond acceptors (Lipinski definition) is 5. The first-order chi connectivity index (χ1) is 8.99. The molecule has 2 rings (SSSR count). The van der Waals surface area contributed by atoms with Crippen LogP contribution >= 0.6 is 0 Å². The normalized spacial score (nSPS) is 12.1. The first-order valence-electron chi connectivity index (χ1n) is 5.46. The number of aromatic carboxylic acids is 1. The van der Waals surface area contributed by atoms with Gasteiger partial charge in [-0.05, 0) is 25.1 Å². The van der Waals surface area contributed by atoms with Crippen LogP contribution in [0.15, 0.2) is 24.5 Å². The van der Waals surface area contributed by atoms with Crippen molar-refractivity contribution in [3.63, 3.8) is 0 Å². The molecule has 0 unspecified atom stereocenters. The summed E-state index contributed by atoms with van der Waals surface area (Å²) in [6.45, 7) is 1.49. The van der Waals surface area contributed by atoms with Gasteiger partial charge in [-0.1, -0.05) is 0 Å². The van der Waals surface area contributed by atoms with E-state index in [1.165, 1.54) is 25.4 Å². The molecule has 2 aromatic rings. The smallest absolute Gasteiger partial charge is 0.335 e. The van der Waals surface area contributed by atoms with Gasteiger partial charge in [0.25, 0.3) is 0 Å². The molecule has 0 saturated carbocycles. The number of hydrogen-bond donors (Lipinski definition) is 3. The van der Waals surface area contributed by atoms with Crippen LogP contribution < -0.4 is 5.32 Å². The van der Waals surface area contributed by atoms with Gasteiger partial charge in [-0.25, -0.2) is 14.8 Å². The number of nitrogens with one attached hydrogen (secondary N) is 1. The van der Waals surface area contributed by atoms with Gasteiger partial charge in [-0.15, -0.1) is 0 Å². The summed E-state index contributed by atoms with van der Waals surface area (Å²) in [5.74, 6) is -1.69. The maximum Gasteiger partial charge on any atom is 0.335 e. The SMILES string of the molecule is C[C@@H](Nc1ncnc2cc(C(=O)O)ccc12)C(=O)O. The Balaban J connectivity index is 2.46. The Bertz CT molecular complexity index is 656. The summed E-state index contributed by atoms with van der Waals surface area (Å²) in [5, 5.41) is 21.0. The fraction of sp³-hybridized carbons (Fsp3) is 0.167. The van der Waals surface area contributed by atoms with Crippen molar-refractivity contribution in [1.82, 2.24) is 9.97 Å². The highest BCUT2D eigenvalue weighted by molar-refractivity contribution is 5.96. The fourth-order valence-electron chi connectivity index (χ4n) is 1.57. The Labute approximate surface area is 107 Å². The van der Waals surface area contributed by atoms with Gasteiger partial charge < -0.3 is 15.5 Å². The average molecular weight is 261 g/mol. The lowest BCUT2D eigenvalue weighted by Crippen LogP contribution is -2.26. The van der Waals surface area contributed by atoms with Crippen molar-refractivity contribution in [3.8, 4) is 0 Å². The van der Waals surface area contributed by atoms with Crippen LogP contribution in [0.4, 0.5) is 5.82 Å². The number of fused-ring (bicyclic) bond motifs is 1. The van der Waals surface area contributed by atoms with E-state index in [9.17, 15) is 9.59 Å². The number of rotatable bonds is 4. The second-order valence-corrected chi connectivity index (χ2v) is 3.96. The van der Waals surface area contributed by atoms with Crippen molar-refractivity contribution in [2.75, 3.05) is 5.32 Å². The second kappa shape index (κ2) is 4.89. The molecule has 19 heavy (non-hydrogen) atoms. The van der Waals surface area contributed by atoms with E-state index in [4.69, 9.17) is 10.2 Å². The van der Waals surface area contributed by atoms with E-state index < -0.39 is 18.0 Å². The van der Waals surface area contributed by atoms with Gasteiger partial charge in [0.1, 0.15) is 18.2 Å². The Morgan fingerprint density at radius 2 is 2.00 bits per heavy atom. The van der Waals surface area contributed by atoms with Crippen LogP contribution in [0.5, 0.6) is 0 Å². The fourth-order valence-corrected chi connectivity index (χ4v) is 1.57. The third-order valence-corrected chi connectivity index (χ3v) is 2.61. The Hall–Kier alpha value is -2.70. The number of carbonyl (C=O) groups is 2. The van der Waals surface area contributed by atoms with Crippen LogP contribution in [0, 0.1) is 0 Å². The molecular formula is C12H11N3O4. The molecule has 0 aliphatic heterocycles. The summed E-state index contributed by atoms with van der Waals surface area (Å²) in [7, 11) is 0. The number of benzene rings is 1. The third kappa shape index (κ3) is 2.59. The van der Waals surface area contributed by atoms with E-state index in [1.54, 1.807) is 6.07 Å². The summed E-state index contributed by atoms with van der Waals surface area (Å²) in [5.41, 5.74) is 0.554. The third-order valence-electron chi connectivity index (χ3n) is 2.61. The molecule has 0 aliphatic rings. The number of carboxylic acids is 2. The van der Waals surface area contributed by atoms with Gasteiger partial charge in [0.15, 0.2) is 0 Å². The van der Waals surface area contributed by atoms with E-state index in [-0.39, 0.29) is 5.56 Å². The first-order valence-corrected chi connectivity index (χ1v) is 5.46. The van der Waals surface area contributed by atoms with Gasteiger partial charge in [0.05, 0.1) is 11.1 Å². The molecule has 0 spiro atoms. The van der Waals surface area contributed by atoms with Gasteiger partial charge in [-0.2, -0.15) is 0 Å². The minimum Gasteiger partial charge on any atom is -0.480 e. The van der Waals surface area contributed by atoms with Crippen molar-refractivity contribution in [3.05, 3.63) is 30.1 Å². The molecule has 1 heterocycles. The highest BCUT2D eigenvalue weighted by Gasteiger charge is 2.14. The lowest BCUT2D eigenvalue weighted by molar-refractivity contribution is -0.137. The van der Waals surface area contributed by atoms with Gasteiger partial charge in [0.2, 0.25) is 0 Å². The quantitative estimate of drug-likeness (QED) is 0.758. The Kier molecular flexibility index (Phi) is 3.28. The van der Waals surface area contributed by atoms with Gasteiger partial charge >= 0.3 is 11.9 Å². The summed E-state index contributed by atoms with van der Waals surface area (Å²) in [6.07, 6.45) is 1.25. The van der Waals surface area contributed by atoms with Crippen molar-refractivity contribution in [2.24, 2.45) is 0 Å². The zero-order valence-corrected chi connectivity index (χ0v) is 9.99. The first kappa shape index (κ1) is 12.7. The topological polar surface area (TPSA) is 112 Å². The molecule has 0 amide bonds. The Morgan fingerprint density at radius 3 is 2.63 bits per heavy atom. The molecule has 0 aliphatic carbocycles. The predicted molar refractivity (Wildman–Crippen MR) is 67.2 cm³/mol. The molecule has 0 bridgehead atoms. The van der Waals surface area contributed by atoms with Crippen LogP contribution in [0.2, 0.25) is 0 Å². The monoisotopic (exact) mass is 261 g/mol. The second-order valence-electron chi connectivity index (χ2n) is 3.96. The minimum absolute atomic E-state index is 0.114. The zero-order chi connectivity index (χ0) is 14.0. The van der Waals surface area contributed by atoms with E-state index in [2.05, 4.69) is 15.3 Å². The van der Waals surface area contributed by atoms with Crippen molar-refractivity contribution >= 4 is 28.7 Å². The summed E-state index contributed by atoms with van der Waals surface area (Å²) < 4.78 is 0. The number of anilines is 1. The lowest BCUT2D eigenvalue weighted by Gasteiger charge is -2.11. The average Bonchev–Trinajstić information content (AvgIpc) is 2.38.